The predicted molar refractivity (Wildman–Crippen MR) is 90.2 cm³/mol. The zero-order valence-corrected chi connectivity index (χ0v) is 14.0. The zero-order valence-electron chi connectivity index (χ0n) is 14.0. The molecule has 1 amide bonds. The van der Waals surface area contributed by atoms with Crippen LogP contribution in [0.1, 0.15) is 24.5 Å². The van der Waals surface area contributed by atoms with Crippen molar-refractivity contribution in [2.75, 3.05) is 20.2 Å². The molecule has 0 saturated carbocycles. The number of nitrogens with zero attached hydrogens (tertiary/aromatic N) is 3. The van der Waals surface area contributed by atoms with Crippen molar-refractivity contribution in [2.24, 2.45) is 0 Å². The van der Waals surface area contributed by atoms with Gasteiger partial charge in [-0.15, -0.1) is 0 Å². The van der Waals surface area contributed by atoms with Crippen LogP contribution < -0.4 is 9.47 Å². The third kappa shape index (κ3) is 4.24. The van der Waals surface area contributed by atoms with Gasteiger partial charge in [0, 0.05) is 6.54 Å². The fraction of sp³-hybridized carbons (Fsp3) is 0.389. The van der Waals surface area contributed by atoms with Crippen molar-refractivity contribution in [1.82, 2.24) is 14.9 Å². The Kier molecular flexibility index (Phi) is 5.45. The van der Waals surface area contributed by atoms with E-state index in [2.05, 4.69) is 9.97 Å². The highest BCUT2D eigenvalue weighted by Crippen LogP contribution is 2.21. The van der Waals surface area contributed by atoms with Crippen LogP contribution in [0.25, 0.3) is 0 Å². The number of carbonyl (C=O) groups excluding carboxylic acids is 1. The van der Waals surface area contributed by atoms with Crippen molar-refractivity contribution in [3.8, 4) is 11.8 Å². The third-order valence-corrected chi connectivity index (χ3v) is 4.13. The van der Waals surface area contributed by atoms with Crippen LogP contribution in [0.5, 0.6) is 11.8 Å². The van der Waals surface area contributed by atoms with Gasteiger partial charge in [-0.25, -0.2) is 0 Å². The van der Waals surface area contributed by atoms with E-state index in [0.717, 1.165) is 12.8 Å². The highest BCUT2D eigenvalue weighted by Gasteiger charge is 2.29. The Morgan fingerprint density at radius 3 is 2.80 bits per heavy atom. The van der Waals surface area contributed by atoms with Gasteiger partial charge in [0.05, 0.1) is 26.0 Å². The summed E-state index contributed by atoms with van der Waals surface area (Å²) < 4.78 is 10.9. The molecule has 2 heterocycles. The maximum Gasteiger partial charge on any atom is 0.256 e. The van der Waals surface area contributed by atoms with Crippen molar-refractivity contribution in [2.45, 2.75) is 25.0 Å². The van der Waals surface area contributed by atoms with Crippen LogP contribution in [-0.2, 0) is 4.79 Å². The molecule has 2 unspecified atom stereocenters. The molecule has 1 saturated heterocycles. The van der Waals surface area contributed by atoms with Crippen LogP contribution >= 0.6 is 0 Å². The van der Waals surface area contributed by atoms with Crippen molar-refractivity contribution < 1.29 is 19.4 Å². The summed E-state index contributed by atoms with van der Waals surface area (Å²) in [6, 6.07) is 8.93. The summed E-state index contributed by atoms with van der Waals surface area (Å²) >= 11 is 0. The Morgan fingerprint density at radius 2 is 2.04 bits per heavy atom. The van der Waals surface area contributed by atoms with Crippen LogP contribution in [0.15, 0.2) is 42.7 Å². The molecule has 25 heavy (non-hydrogen) atoms. The topological polar surface area (TPSA) is 84.8 Å². The number of piperidine rings is 1. The number of ether oxygens (including phenoxy) is 2. The molecule has 0 radical (unpaired) electrons. The smallest absolute Gasteiger partial charge is 0.256 e. The summed E-state index contributed by atoms with van der Waals surface area (Å²) in [5.41, 5.74) is 0.592. The monoisotopic (exact) mass is 343 g/mol. The van der Waals surface area contributed by atoms with E-state index >= 15 is 0 Å². The number of rotatable bonds is 5. The summed E-state index contributed by atoms with van der Waals surface area (Å²) in [6.45, 7) is 1.01. The van der Waals surface area contributed by atoms with Gasteiger partial charge in [0.25, 0.3) is 5.91 Å². The number of aliphatic hydroxyl groups is 1. The van der Waals surface area contributed by atoms with E-state index in [1.165, 1.54) is 19.5 Å². The molecule has 0 aliphatic carbocycles. The summed E-state index contributed by atoms with van der Waals surface area (Å²) in [7, 11) is 1.51. The van der Waals surface area contributed by atoms with Gasteiger partial charge in [0.2, 0.25) is 11.8 Å². The largest absolute Gasteiger partial charge is 0.480 e. The van der Waals surface area contributed by atoms with Gasteiger partial charge >= 0.3 is 0 Å². The van der Waals surface area contributed by atoms with E-state index in [9.17, 15) is 9.90 Å². The van der Waals surface area contributed by atoms with Gasteiger partial charge in [-0.1, -0.05) is 30.3 Å². The average molecular weight is 343 g/mol. The van der Waals surface area contributed by atoms with E-state index in [1.807, 2.05) is 6.07 Å². The first kappa shape index (κ1) is 17.2. The lowest BCUT2D eigenvalue weighted by atomic mass is 10.0. The molecule has 0 bridgehead atoms. The van der Waals surface area contributed by atoms with E-state index < -0.39 is 6.10 Å². The normalized spacial score (nSPS) is 18.5. The van der Waals surface area contributed by atoms with E-state index in [1.54, 1.807) is 29.2 Å². The second kappa shape index (κ2) is 7.94. The first-order chi connectivity index (χ1) is 12.2. The van der Waals surface area contributed by atoms with Crippen LogP contribution in [0.3, 0.4) is 0 Å². The molecule has 1 aliphatic rings. The molecule has 3 rings (SSSR count). The Balaban J connectivity index is 1.63. The highest BCUT2D eigenvalue weighted by atomic mass is 16.5. The minimum Gasteiger partial charge on any atom is -0.480 e. The van der Waals surface area contributed by atoms with Gasteiger partial charge in [0.15, 0.2) is 6.10 Å². The minimum absolute atomic E-state index is 0.193. The molecule has 1 aromatic heterocycles. The molecule has 1 aromatic carbocycles. The lowest BCUT2D eigenvalue weighted by Gasteiger charge is -2.33. The maximum atomic E-state index is 12.6. The number of hydrogen-bond donors (Lipinski definition) is 1. The van der Waals surface area contributed by atoms with E-state index in [4.69, 9.17) is 9.47 Å². The standard InChI is InChI=1S/C18H21N3O4/c1-24-15-10-19-11-16(20-15)25-14-8-5-9-21(12-14)18(23)17(22)13-6-3-2-4-7-13/h2-4,6-7,10-11,14,17,22H,5,8-9,12H2,1H3. The molecule has 2 aromatic rings. The first-order valence-electron chi connectivity index (χ1n) is 8.22. The highest BCUT2D eigenvalue weighted by molar-refractivity contribution is 5.82. The van der Waals surface area contributed by atoms with E-state index in [0.29, 0.717) is 30.4 Å². The lowest BCUT2D eigenvalue weighted by Crippen LogP contribution is -2.46. The zero-order chi connectivity index (χ0) is 17.6. The Morgan fingerprint density at radius 1 is 1.28 bits per heavy atom. The minimum atomic E-state index is -1.16. The number of aromatic nitrogens is 2. The van der Waals surface area contributed by atoms with E-state index in [-0.39, 0.29) is 12.0 Å². The second-order valence-corrected chi connectivity index (χ2v) is 5.88. The molecular weight excluding hydrogens is 322 g/mol. The van der Waals surface area contributed by atoms with Crippen molar-refractivity contribution >= 4 is 5.91 Å². The number of benzene rings is 1. The summed E-state index contributed by atoms with van der Waals surface area (Å²) in [5.74, 6) is 0.430. The molecule has 7 nitrogen and oxygen atoms in total. The second-order valence-electron chi connectivity index (χ2n) is 5.88. The lowest BCUT2D eigenvalue weighted by molar-refractivity contribution is -0.143. The summed E-state index contributed by atoms with van der Waals surface area (Å²) in [6.07, 6.45) is 3.28. The SMILES string of the molecule is COc1cncc(OC2CCCN(C(=O)C(O)c3ccccc3)C2)n1. The van der Waals surface area contributed by atoms with Crippen molar-refractivity contribution in [3.05, 3.63) is 48.3 Å². The average Bonchev–Trinajstić information content (AvgIpc) is 2.68. The molecule has 1 fully saturated rings. The first-order valence-corrected chi connectivity index (χ1v) is 8.22. The molecule has 1 N–H and O–H groups in total. The predicted octanol–water partition coefficient (Wildman–Crippen LogP) is 1.59. The number of amides is 1. The molecular formula is C18H21N3O4. The van der Waals surface area contributed by atoms with Crippen LogP contribution in [0.4, 0.5) is 0 Å². The fourth-order valence-electron chi connectivity index (χ4n) is 2.84. The molecule has 7 heteroatoms. The Bertz CT molecular complexity index is 710. The van der Waals surface area contributed by atoms with Gasteiger partial charge in [-0.2, -0.15) is 4.98 Å². The van der Waals surface area contributed by atoms with Crippen molar-refractivity contribution in [1.29, 1.82) is 0 Å². The van der Waals surface area contributed by atoms with Gasteiger partial charge in [-0.3, -0.25) is 9.78 Å². The number of carbonyl (C=O) groups is 1. The quantitative estimate of drug-likeness (QED) is 0.887. The van der Waals surface area contributed by atoms with Gasteiger partial charge in [-0.05, 0) is 18.4 Å². The van der Waals surface area contributed by atoms with Gasteiger partial charge < -0.3 is 19.5 Å². The van der Waals surface area contributed by atoms with Crippen LogP contribution in [-0.4, -0.2) is 52.2 Å². The maximum absolute atomic E-state index is 12.6. The molecule has 2 atom stereocenters. The molecule has 1 aliphatic heterocycles. The molecule has 0 spiro atoms. The summed E-state index contributed by atoms with van der Waals surface area (Å²) in [5, 5.41) is 10.3. The number of methoxy groups -OCH3 is 1. The van der Waals surface area contributed by atoms with Crippen molar-refractivity contribution in [3.63, 3.8) is 0 Å². The van der Waals surface area contributed by atoms with Crippen LogP contribution in [0, 0.1) is 0 Å². The number of hydrogen-bond acceptors (Lipinski definition) is 6. The third-order valence-electron chi connectivity index (χ3n) is 4.13. The molecule has 132 valence electrons. The van der Waals surface area contributed by atoms with Crippen LogP contribution in [0.2, 0.25) is 0 Å². The number of aliphatic hydroxyl groups excluding tert-OH is 1. The number of likely N-dealkylation sites (tertiary alicyclic amines) is 1. The Hall–Kier alpha value is -2.67. The Labute approximate surface area is 146 Å². The summed E-state index contributed by atoms with van der Waals surface area (Å²) in [4.78, 5) is 22.4. The fourth-order valence-corrected chi connectivity index (χ4v) is 2.84. The van der Waals surface area contributed by atoms with Gasteiger partial charge in [0.1, 0.15) is 6.10 Å².